The van der Waals surface area contributed by atoms with Crippen LogP contribution < -0.4 is 15.4 Å². The standard InChI is InChI=1S/C28H28FN3O6/c29-21-12-16(4-5-20(21)27(35)30-14-17-2-1-3-19(33)11-17)10-18-13-24(31-23-7-9-38-26(18)23)28(36)32-22-6-8-37-15-25(22)34/h1-5,11-13,22,25,33-34H,6-10,14-15H2,(H,30,35)(H,32,36)/t22-,25-/m0/s1. The molecule has 2 aliphatic heterocycles. The van der Waals surface area contributed by atoms with Gasteiger partial charge in [0.2, 0.25) is 0 Å². The number of benzene rings is 2. The van der Waals surface area contributed by atoms with Gasteiger partial charge >= 0.3 is 0 Å². The summed E-state index contributed by atoms with van der Waals surface area (Å²) in [7, 11) is 0. The predicted octanol–water partition coefficient (Wildman–Crippen LogP) is 2.26. The van der Waals surface area contributed by atoms with Gasteiger partial charge in [-0.3, -0.25) is 9.59 Å². The minimum absolute atomic E-state index is 0.0840. The fraction of sp³-hybridized carbons (Fsp3) is 0.321. The molecule has 38 heavy (non-hydrogen) atoms. The number of hydrogen-bond acceptors (Lipinski definition) is 7. The monoisotopic (exact) mass is 521 g/mol. The molecule has 1 fully saturated rings. The number of ether oxygens (including phenoxy) is 2. The molecule has 0 aliphatic carbocycles. The molecule has 2 amide bonds. The number of fused-ring (bicyclic) bond motifs is 1. The molecule has 2 aromatic carbocycles. The number of aromatic nitrogens is 1. The molecule has 4 N–H and O–H groups in total. The zero-order valence-electron chi connectivity index (χ0n) is 20.6. The molecule has 2 atom stereocenters. The summed E-state index contributed by atoms with van der Waals surface area (Å²) in [5.41, 5.74) is 2.73. The molecule has 3 heterocycles. The van der Waals surface area contributed by atoms with E-state index in [-0.39, 0.29) is 36.6 Å². The highest BCUT2D eigenvalue weighted by Crippen LogP contribution is 2.31. The Hall–Kier alpha value is -4.02. The van der Waals surface area contributed by atoms with Crippen molar-refractivity contribution in [3.05, 3.63) is 88.0 Å². The second kappa shape index (κ2) is 11.2. The normalized spacial score (nSPS) is 18.4. The number of carbonyl (C=O) groups is 2. The molecule has 1 aromatic heterocycles. The third kappa shape index (κ3) is 5.76. The summed E-state index contributed by atoms with van der Waals surface area (Å²) in [6.07, 6.45) is 0.535. The topological polar surface area (TPSA) is 130 Å². The van der Waals surface area contributed by atoms with Gasteiger partial charge in [-0.25, -0.2) is 9.37 Å². The Morgan fingerprint density at radius 2 is 1.95 bits per heavy atom. The van der Waals surface area contributed by atoms with Crippen molar-refractivity contribution < 1.29 is 33.7 Å². The first-order valence-corrected chi connectivity index (χ1v) is 12.4. The van der Waals surface area contributed by atoms with Crippen LogP contribution in [-0.2, 0) is 24.1 Å². The van der Waals surface area contributed by atoms with Crippen LogP contribution in [0.1, 0.15) is 49.7 Å². The van der Waals surface area contributed by atoms with Crippen LogP contribution in [0.4, 0.5) is 4.39 Å². The molecule has 0 radical (unpaired) electrons. The molecule has 0 spiro atoms. The van der Waals surface area contributed by atoms with Gasteiger partial charge in [-0.1, -0.05) is 18.2 Å². The van der Waals surface area contributed by atoms with Gasteiger partial charge in [-0.05, 0) is 47.9 Å². The number of hydrogen-bond donors (Lipinski definition) is 4. The van der Waals surface area contributed by atoms with E-state index in [1.54, 1.807) is 24.3 Å². The molecule has 10 heteroatoms. The third-order valence-corrected chi connectivity index (χ3v) is 6.62. The number of amides is 2. The summed E-state index contributed by atoms with van der Waals surface area (Å²) < 4.78 is 25.9. The molecule has 1 saturated heterocycles. The van der Waals surface area contributed by atoms with Gasteiger partial charge < -0.3 is 30.3 Å². The van der Waals surface area contributed by atoms with Gasteiger partial charge in [0.1, 0.15) is 23.0 Å². The van der Waals surface area contributed by atoms with Crippen molar-refractivity contribution in [2.45, 2.75) is 38.0 Å². The van der Waals surface area contributed by atoms with E-state index >= 15 is 0 Å². The number of nitrogens with zero attached hydrogens (tertiary/aromatic N) is 1. The molecule has 3 aromatic rings. The summed E-state index contributed by atoms with van der Waals surface area (Å²) in [5, 5.41) is 25.2. The van der Waals surface area contributed by atoms with E-state index in [1.165, 1.54) is 24.3 Å². The van der Waals surface area contributed by atoms with Crippen LogP contribution in [0.25, 0.3) is 0 Å². The van der Waals surface area contributed by atoms with E-state index in [1.807, 2.05) is 0 Å². The van der Waals surface area contributed by atoms with Crippen molar-refractivity contribution in [1.29, 1.82) is 0 Å². The maximum Gasteiger partial charge on any atom is 0.270 e. The Kier molecular flexibility index (Phi) is 7.52. The number of aromatic hydroxyl groups is 1. The molecular formula is C28H28FN3O6. The highest BCUT2D eigenvalue weighted by molar-refractivity contribution is 5.94. The summed E-state index contributed by atoms with van der Waals surface area (Å²) >= 11 is 0. The summed E-state index contributed by atoms with van der Waals surface area (Å²) in [6.45, 7) is 1.20. The Labute approximate surface area is 218 Å². The number of nitrogens with one attached hydrogen (secondary N) is 2. The van der Waals surface area contributed by atoms with Gasteiger partial charge in [0, 0.05) is 31.6 Å². The average molecular weight is 522 g/mol. The fourth-order valence-electron chi connectivity index (χ4n) is 4.64. The Morgan fingerprint density at radius 3 is 2.74 bits per heavy atom. The zero-order chi connectivity index (χ0) is 26.6. The number of pyridine rings is 1. The van der Waals surface area contributed by atoms with E-state index in [0.29, 0.717) is 54.2 Å². The van der Waals surface area contributed by atoms with Crippen molar-refractivity contribution >= 4 is 11.8 Å². The smallest absolute Gasteiger partial charge is 0.270 e. The number of aliphatic hydroxyl groups excluding tert-OH is 1. The SMILES string of the molecule is O=C(N[C@H]1CCOC[C@@H]1O)c1cc(Cc2ccc(C(=O)NCc3cccc(O)c3)c(F)c2)c2c(n1)CCO2. The van der Waals surface area contributed by atoms with Crippen molar-refractivity contribution in [3.63, 3.8) is 0 Å². The van der Waals surface area contributed by atoms with E-state index < -0.39 is 29.8 Å². The molecule has 2 aliphatic rings. The Bertz CT molecular complexity index is 1360. The predicted molar refractivity (Wildman–Crippen MR) is 135 cm³/mol. The van der Waals surface area contributed by atoms with Gasteiger partial charge in [-0.15, -0.1) is 0 Å². The number of rotatable bonds is 7. The van der Waals surface area contributed by atoms with Gasteiger partial charge in [-0.2, -0.15) is 0 Å². The summed E-state index contributed by atoms with van der Waals surface area (Å²) in [5.74, 6) is -0.979. The van der Waals surface area contributed by atoms with Crippen molar-refractivity contribution in [1.82, 2.24) is 15.6 Å². The van der Waals surface area contributed by atoms with Crippen LogP contribution >= 0.6 is 0 Å². The lowest BCUT2D eigenvalue weighted by molar-refractivity contribution is -0.0261. The van der Waals surface area contributed by atoms with Crippen LogP contribution in [0.15, 0.2) is 48.5 Å². The first-order chi connectivity index (χ1) is 18.4. The van der Waals surface area contributed by atoms with Crippen LogP contribution in [-0.4, -0.2) is 59.0 Å². The molecule has 0 bridgehead atoms. The first kappa shape index (κ1) is 25.6. The maximum absolute atomic E-state index is 14.9. The largest absolute Gasteiger partial charge is 0.508 e. The van der Waals surface area contributed by atoms with Crippen molar-refractivity contribution in [2.75, 3.05) is 19.8 Å². The second-order valence-electron chi connectivity index (χ2n) is 9.40. The maximum atomic E-state index is 14.9. The minimum atomic E-state index is -0.788. The number of phenols is 1. The van der Waals surface area contributed by atoms with Crippen molar-refractivity contribution in [3.8, 4) is 11.5 Å². The van der Waals surface area contributed by atoms with Crippen molar-refractivity contribution in [2.24, 2.45) is 0 Å². The Morgan fingerprint density at radius 1 is 1.08 bits per heavy atom. The lowest BCUT2D eigenvalue weighted by Crippen LogP contribution is -2.48. The highest BCUT2D eigenvalue weighted by Gasteiger charge is 2.28. The van der Waals surface area contributed by atoms with Gasteiger partial charge in [0.25, 0.3) is 11.8 Å². The number of carbonyl (C=O) groups excluding carboxylic acids is 2. The number of phenolic OH excluding ortho intramolecular Hbond substituents is 1. The quantitative estimate of drug-likeness (QED) is 0.375. The first-order valence-electron chi connectivity index (χ1n) is 12.4. The van der Waals surface area contributed by atoms with Gasteiger partial charge in [0.15, 0.2) is 0 Å². The van der Waals surface area contributed by atoms with Crippen LogP contribution in [0.5, 0.6) is 11.5 Å². The second-order valence-corrected chi connectivity index (χ2v) is 9.40. The molecule has 0 saturated carbocycles. The average Bonchev–Trinajstić information content (AvgIpc) is 3.38. The minimum Gasteiger partial charge on any atom is -0.508 e. The molecule has 0 unspecified atom stereocenters. The lowest BCUT2D eigenvalue weighted by atomic mass is 10.0. The van der Waals surface area contributed by atoms with Gasteiger partial charge in [0.05, 0.1) is 36.6 Å². The third-order valence-electron chi connectivity index (χ3n) is 6.62. The van der Waals surface area contributed by atoms with E-state index in [9.17, 15) is 24.2 Å². The fourth-order valence-corrected chi connectivity index (χ4v) is 4.64. The summed E-state index contributed by atoms with van der Waals surface area (Å²) in [4.78, 5) is 29.9. The zero-order valence-corrected chi connectivity index (χ0v) is 20.6. The molecular weight excluding hydrogens is 493 g/mol. The lowest BCUT2D eigenvalue weighted by Gasteiger charge is -2.28. The summed E-state index contributed by atoms with van der Waals surface area (Å²) in [6, 6.07) is 12.0. The van der Waals surface area contributed by atoms with Crippen LogP contribution in [0.3, 0.4) is 0 Å². The Balaban J connectivity index is 1.30. The van der Waals surface area contributed by atoms with Crippen LogP contribution in [0.2, 0.25) is 0 Å². The highest BCUT2D eigenvalue weighted by atomic mass is 19.1. The molecule has 5 rings (SSSR count). The number of aliphatic hydroxyl groups is 1. The molecule has 198 valence electrons. The molecule has 9 nitrogen and oxygen atoms in total. The van der Waals surface area contributed by atoms with E-state index in [0.717, 1.165) is 0 Å². The number of halogens is 1. The van der Waals surface area contributed by atoms with E-state index in [4.69, 9.17) is 9.47 Å². The van der Waals surface area contributed by atoms with Crippen LogP contribution in [0, 0.1) is 5.82 Å². The van der Waals surface area contributed by atoms with E-state index in [2.05, 4.69) is 15.6 Å².